The fourth-order valence-corrected chi connectivity index (χ4v) is 2.41. The van der Waals surface area contributed by atoms with Crippen LogP contribution < -0.4 is 4.90 Å². The second-order valence-electron chi connectivity index (χ2n) is 6.40. The first-order valence-electron chi connectivity index (χ1n) is 8.15. The summed E-state index contributed by atoms with van der Waals surface area (Å²) < 4.78 is 58.9. The van der Waals surface area contributed by atoms with E-state index in [-0.39, 0.29) is 0 Å². The van der Waals surface area contributed by atoms with Crippen LogP contribution in [-0.4, -0.2) is 37.1 Å². The normalized spacial score (nSPS) is 14.1. The van der Waals surface area contributed by atoms with Crippen molar-refractivity contribution in [3.05, 3.63) is 0 Å². The molecular weight excluding hydrogens is 331 g/mol. The monoisotopic (exact) mass is 363 g/mol. The minimum Gasteiger partial charge on any atom is -0.741 e. The minimum absolute atomic E-state index is 0.765. The van der Waals surface area contributed by atoms with Crippen LogP contribution >= 0.6 is 0 Å². The topological polar surface area (TPSA) is 61.6 Å². The summed E-state index contributed by atoms with van der Waals surface area (Å²) in [4.78, 5) is 1.78. The number of hydrogen-bond donors (Lipinski definition) is 1. The maximum atomic E-state index is 10.7. The molecule has 0 rings (SSSR count). The number of halogens is 3. The Kier molecular flexibility index (Phi) is 12.2. The zero-order valence-corrected chi connectivity index (χ0v) is 15.9. The molecule has 0 fully saturated rings. The molecule has 0 amide bonds. The van der Waals surface area contributed by atoms with E-state index >= 15 is 0 Å². The van der Waals surface area contributed by atoms with Crippen LogP contribution in [0.25, 0.3) is 0 Å². The van der Waals surface area contributed by atoms with E-state index in [1.54, 1.807) is 4.90 Å². The van der Waals surface area contributed by atoms with E-state index < -0.39 is 15.6 Å². The third-order valence-electron chi connectivity index (χ3n) is 3.83. The van der Waals surface area contributed by atoms with Crippen molar-refractivity contribution in [2.45, 2.75) is 84.8 Å². The van der Waals surface area contributed by atoms with Gasteiger partial charge >= 0.3 is 5.51 Å². The van der Waals surface area contributed by atoms with Crippen LogP contribution in [0, 0.1) is 5.92 Å². The smallest absolute Gasteiger partial charge is 0.485 e. The number of hydrogen-bond acceptors (Lipinski definition) is 3. The molecule has 0 aliphatic rings. The van der Waals surface area contributed by atoms with E-state index in [4.69, 9.17) is 13.0 Å². The van der Waals surface area contributed by atoms with Gasteiger partial charge < -0.3 is 9.45 Å². The van der Waals surface area contributed by atoms with Gasteiger partial charge in [0.05, 0.1) is 18.6 Å². The number of rotatable bonds is 8. The molecule has 0 bridgehead atoms. The summed E-state index contributed by atoms with van der Waals surface area (Å²) in [5.74, 6) is 0.935. The predicted octanol–water partition coefficient (Wildman–Crippen LogP) is 2.96. The van der Waals surface area contributed by atoms with Gasteiger partial charge in [-0.25, -0.2) is 8.42 Å². The molecule has 0 spiro atoms. The molecular formula is C15H32F3NO3S. The first-order chi connectivity index (χ1) is 10.3. The van der Waals surface area contributed by atoms with E-state index in [0.29, 0.717) is 0 Å². The number of unbranched alkanes of at least 4 members (excludes halogenated alkanes) is 1. The Morgan fingerprint density at radius 2 is 1.43 bits per heavy atom. The molecule has 0 aliphatic carbocycles. The number of nitrogens with one attached hydrogen (secondary N) is 1. The number of alkyl halides is 3. The van der Waals surface area contributed by atoms with Crippen molar-refractivity contribution in [1.82, 2.24) is 0 Å². The van der Waals surface area contributed by atoms with Crippen LogP contribution in [0.4, 0.5) is 13.2 Å². The van der Waals surface area contributed by atoms with Crippen molar-refractivity contribution < 1.29 is 31.0 Å². The molecule has 1 N–H and O–H groups in total. The van der Waals surface area contributed by atoms with Gasteiger partial charge in [-0.1, -0.05) is 26.7 Å². The lowest BCUT2D eigenvalue weighted by Gasteiger charge is -2.30. The Morgan fingerprint density at radius 1 is 1.04 bits per heavy atom. The van der Waals surface area contributed by atoms with Crippen LogP contribution in [-0.2, 0) is 10.1 Å². The van der Waals surface area contributed by atoms with Crippen molar-refractivity contribution in [3.63, 3.8) is 0 Å². The second-order valence-corrected chi connectivity index (χ2v) is 7.78. The lowest BCUT2D eigenvalue weighted by molar-refractivity contribution is -0.945. The molecule has 1 atom stereocenters. The van der Waals surface area contributed by atoms with Crippen molar-refractivity contribution in [3.8, 4) is 0 Å². The molecule has 4 nitrogen and oxygen atoms in total. The van der Waals surface area contributed by atoms with Crippen molar-refractivity contribution in [2.75, 3.05) is 6.54 Å². The second kappa shape index (κ2) is 11.3. The lowest BCUT2D eigenvalue weighted by Crippen LogP contribution is -3.18. The van der Waals surface area contributed by atoms with Crippen LogP contribution in [0.1, 0.15) is 67.2 Å². The molecule has 0 aromatic heterocycles. The highest BCUT2D eigenvalue weighted by molar-refractivity contribution is 7.86. The van der Waals surface area contributed by atoms with Gasteiger partial charge in [-0.2, -0.15) is 13.2 Å². The predicted molar refractivity (Wildman–Crippen MR) is 85.2 cm³/mol. The third kappa shape index (κ3) is 11.8. The quantitative estimate of drug-likeness (QED) is 0.533. The zero-order valence-electron chi connectivity index (χ0n) is 15.0. The molecule has 8 heteroatoms. The van der Waals surface area contributed by atoms with Crippen LogP contribution in [0.2, 0.25) is 0 Å². The van der Waals surface area contributed by atoms with Gasteiger partial charge in [-0.05, 0) is 40.5 Å². The summed E-state index contributed by atoms with van der Waals surface area (Å²) >= 11 is 0. The van der Waals surface area contributed by atoms with E-state index in [1.165, 1.54) is 32.2 Å². The summed E-state index contributed by atoms with van der Waals surface area (Å²) in [7, 11) is -6.09. The highest BCUT2D eigenvalue weighted by atomic mass is 32.2. The Labute approximate surface area is 139 Å². The number of quaternary nitrogens is 1. The first kappa shape index (κ1) is 24.9. The van der Waals surface area contributed by atoms with Gasteiger partial charge in [0.1, 0.15) is 0 Å². The largest absolute Gasteiger partial charge is 0.741 e. The van der Waals surface area contributed by atoms with Gasteiger partial charge in [0.25, 0.3) is 0 Å². The van der Waals surface area contributed by atoms with E-state index in [2.05, 4.69) is 41.5 Å². The Balaban J connectivity index is 0. The maximum Gasteiger partial charge on any atom is 0.485 e. The molecule has 0 saturated carbocycles. The fourth-order valence-electron chi connectivity index (χ4n) is 2.41. The zero-order chi connectivity index (χ0) is 18.8. The van der Waals surface area contributed by atoms with Crippen molar-refractivity contribution in [2.24, 2.45) is 5.92 Å². The fraction of sp³-hybridized carbons (Fsp3) is 1.00. The lowest BCUT2D eigenvalue weighted by atomic mass is 9.97. The van der Waals surface area contributed by atoms with Gasteiger partial charge in [0, 0.05) is 5.92 Å². The van der Waals surface area contributed by atoms with Gasteiger partial charge in [-0.15, -0.1) is 0 Å². The summed E-state index contributed by atoms with van der Waals surface area (Å²) in [5, 5.41) is 0. The average Bonchev–Trinajstić information content (AvgIpc) is 2.36. The van der Waals surface area contributed by atoms with Crippen LogP contribution in [0.5, 0.6) is 0 Å². The maximum absolute atomic E-state index is 10.7. The van der Waals surface area contributed by atoms with Crippen LogP contribution in [0.15, 0.2) is 0 Å². The highest BCUT2D eigenvalue weighted by Crippen LogP contribution is 2.20. The SMILES string of the molecule is CCCCC(CC)C[NH+](C(C)C)C(C)C.O=S(=O)([O-])C(F)(F)F. The summed E-state index contributed by atoms with van der Waals surface area (Å²) in [6.45, 7) is 15.4. The summed E-state index contributed by atoms with van der Waals surface area (Å²) in [6, 6.07) is 1.53. The van der Waals surface area contributed by atoms with Gasteiger partial charge in [0.2, 0.25) is 0 Å². The molecule has 0 heterocycles. The van der Waals surface area contributed by atoms with Gasteiger partial charge in [0.15, 0.2) is 10.1 Å². The third-order valence-corrected chi connectivity index (χ3v) is 4.40. The molecule has 23 heavy (non-hydrogen) atoms. The van der Waals surface area contributed by atoms with Crippen LogP contribution in [0.3, 0.4) is 0 Å². The minimum atomic E-state index is -6.09. The van der Waals surface area contributed by atoms with Crippen molar-refractivity contribution in [1.29, 1.82) is 0 Å². The average molecular weight is 363 g/mol. The highest BCUT2D eigenvalue weighted by Gasteiger charge is 2.36. The Bertz CT molecular complexity index is 387. The first-order valence-corrected chi connectivity index (χ1v) is 9.56. The Hall–Kier alpha value is -0.340. The Morgan fingerprint density at radius 3 is 1.65 bits per heavy atom. The summed E-state index contributed by atoms with van der Waals surface area (Å²) in [5.41, 5.74) is -5.65. The molecule has 142 valence electrons. The van der Waals surface area contributed by atoms with E-state index in [1.807, 2.05) is 0 Å². The molecule has 0 aliphatic heterocycles. The van der Waals surface area contributed by atoms with Crippen molar-refractivity contribution >= 4 is 10.1 Å². The van der Waals surface area contributed by atoms with E-state index in [0.717, 1.165) is 18.0 Å². The molecule has 0 aromatic carbocycles. The molecule has 1 unspecified atom stereocenters. The molecule has 0 aromatic rings. The molecule has 0 saturated heterocycles. The van der Waals surface area contributed by atoms with Gasteiger partial charge in [-0.3, -0.25) is 0 Å². The molecule has 0 radical (unpaired) electrons. The standard InChI is InChI=1S/C14H31N.CHF3O3S/c1-7-9-10-14(8-2)11-15(12(3)4)13(5)6;2-1(3,4)8(5,6)7/h12-14H,7-11H2,1-6H3;(H,5,6,7). The van der Waals surface area contributed by atoms with E-state index in [9.17, 15) is 13.2 Å². The summed E-state index contributed by atoms with van der Waals surface area (Å²) in [6.07, 6.45) is 5.52.